The zero-order valence-corrected chi connectivity index (χ0v) is 18.6. The van der Waals surface area contributed by atoms with Gasteiger partial charge in [-0.3, -0.25) is 0 Å². The highest BCUT2D eigenvalue weighted by molar-refractivity contribution is 7.90. The number of benzene rings is 1. The minimum Gasteiger partial charge on any atom is -0.392 e. The van der Waals surface area contributed by atoms with Gasteiger partial charge >= 0.3 is 6.18 Å². The van der Waals surface area contributed by atoms with E-state index in [2.05, 4.69) is 9.97 Å². The molecule has 11 heteroatoms. The molecule has 1 atom stereocenters. The molecular formula is C21H23F3N4O3S. The van der Waals surface area contributed by atoms with Gasteiger partial charge in [0.1, 0.15) is 0 Å². The first kappa shape index (κ1) is 22.5. The van der Waals surface area contributed by atoms with Crippen molar-refractivity contribution >= 4 is 26.7 Å². The largest absolute Gasteiger partial charge is 0.433 e. The molecule has 0 radical (unpaired) electrons. The van der Waals surface area contributed by atoms with Gasteiger partial charge in [0.25, 0.3) is 0 Å². The first-order valence-electron chi connectivity index (χ1n) is 10.1. The summed E-state index contributed by atoms with van der Waals surface area (Å²) in [6.45, 7) is 3.89. The van der Waals surface area contributed by atoms with E-state index in [0.717, 1.165) is 29.0 Å². The second-order valence-corrected chi connectivity index (χ2v) is 10.3. The van der Waals surface area contributed by atoms with Gasteiger partial charge in [-0.1, -0.05) is 19.9 Å². The Hall–Kier alpha value is -2.66. The Morgan fingerprint density at radius 3 is 2.53 bits per heavy atom. The number of aliphatic hydroxyl groups is 1. The van der Waals surface area contributed by atoms with Crippen molar-refractivity contribution in [3.8, 4) is 0 Å². The van der Waals surface area contributed by atoms with Gasteiger partial charge in [0.15, 0.2) is 15.5 Å². The smallest absolute Gasteiger partial charge is 0.392 e. The van der Waals surface area contributed by atoms with Gasteiger partial charge in [0.2, 0.25) is 5.95 Å². The Bertz CT molecular complexity index is 1290. The number of sulfone groups is 1. The van der Waals surface area contributed by atoms with Crippen LogP contribution in [0.5, 0.6) is 0 Å². The molecule has 0 fully saturated rings. The van der Waals surface area contributed by atoms with Crippen LogP contribution in [0.1, 0.15) is 36.8 Å². The molecule has 4 rings (SSSR count). The van der Waals surface area contributed by atoms with Crippen LogP contribution in [0, 0.1) is 5.92 Å². The molecule has 1 aliphatic heterocycles. The summed E-state index contributed by atoms with van der Waals surface area (Å²) >= 11 is 0. The molecule has 7 nitrogen and oxygen atoms in total. The van der Waals surface area contributed by atoms with Crippen LogP contribution in [0.2, 0.25) is 0 Å². The first-order chi connectivity index (χ1) is 14.9. The fraction of sp³-hybridized carbons (Fsp3) is 0.429. The van der Waals surface area contributed by atoms with Gasteiger partial charge in [-0.25, -0.2) is 18.4 Å². The summed E-state index contributed by atoms with van der Waals surface area (Å²) in [6, 6.07) is 6.55. The maximum absolute atomic E-state index is 13.5. The van der Waals surface area contributed by atoms with Crippen LogP contribution in [0.25, 0.3) is 10.9 Å². The van der Waals surface area contributed by atoms with Crippen molar-refractivity contribution < 1.29 is 26.7 Å². The van der Waals surface area contributed by atoms with E-state index in [1.165, 1.54) is 0 Å². The van der Waals surface area contributed by atoms with Gasteiger partial charge in [0.05, 0.1) is 17.5 Å². The van der Waals surface area contributed by atoms with Crippen LogP contribution >= 0.6 is 0 Å². The molecule has 1 aromatic carbocycles. The third-order valence-electron chi connectivity index (χ3n) is 5.72. The molecule has 0 spiro atoms. The fourth-order valence-electron chi connectivity index (χ4n) is 4.31. The second kappa shape index (κ2) is 7.73. The molecule has 0 unspecified atom stereocenters. The van der Waals surface area contributed by atoms with E-state index in [1.54, 1.807) is 23.1 Å². The summed E-state index contributed by atoms with van der Waals surface area (Å²) in [4.78, 5) is 9.86. The van der Waals surface area contributed by atoms with Crippen molar-refractivity contribution in [1.29, 1.82) is 0 Å². The van der Waals surface area contributed by atoms with Crippen molar-refractivity contribution in [3.63, 3.8) is 0 Å². The Morgan fingerprint density at radius 1 is 1.22 bits per heavy atom. The second-order valence-electron chi connectivity index (χ2n) is 8.30. The van der Waals surface area contributed by atoms with Crippen LogP contribution in [-0.4, -0.2) is 40.9 Å². The van der Waals surface area contributed by atoms with Gasteiger partial charge in [-0.2, -0.15) is 13.2 Å². The number of nitrogens with zero attached hydrogens (tertiary/aromatic N) is 4. The zero-order valence-electron chi connectivity index (χ0n) is 17.8. The number of halogens is 3. The lowest BCUT2D eigenvalue weighted by molar-refractivity contribution is -0.142. The number of hydrogen-bond acceptors (Lipinski definition) is 6. The van der Waals surface area contributed by atoms with Crippen molar-refractivity contribution in [1.82, 2.24) is 14.5 Å². The van der Waals surface area contributed by atoms with Crippen LogP contribution in [0.3, 0.4) is 0 Å². The highest BCUT2D eigenvalue weighted by atomic mass is 32.2. The van der Waals surface area contributed by atoms with E-state index in [9.17, 15) is 26.7 Å². The highest BCUT2D eigenvalue weighted by Crippen LogP contribution is 2.39. The fourth-order valence-corrected chi connectivity index (χ4v) is 4.95. The third kappa shape index (κ3) is 3.83. The van der Waals surface area contributed by atoms with Crippen LogP contribution in [0.15, 0.2) is 35.4 Å². The summed E-state index contributed by atoms with van der Waals surface area (Å²) in [5, 5.41) is 10.1. The van der Waals surface area contributed by atoms with E-state index in [4.69, 9.17) is 0 Å². The third-order valence-corrected chi connectivity index (χ3v) is 6.83. The van der Waals surface area contributed by atoms with Crippen LogP contribution < -0.4 is 4.90 Å². The normalized spacial score (nSPS) is 17.2. The van der Waals surface area contributed by atoms with E-state index in [1.807, 2.05) is 24.5 Å². The Morgan fingerprint density at radius 2 is 1.94 bits per heavy atom. The molecule has 0 bridgehead atoms. The SMILES string of the molecule is CC(C)[C@H]1c2cc3ccc(S(C)(=O)=O)cc3n2CCN1c1ncc(CO)c(C(F)(F)F)n1. The molecule has 0 aliphatic carbocycles. The number of hydrogen-bond donors (Lipinski definition) is 1. The maximum Gasteiger partial charge on any atom is 0.433 e. The van der Waals surface area contributed by atoms with Crippen LogP contribution in [0.4, 0.5) is 19.1 Å². The van der Waals surface area contributed by atoms with Crippen molar-refractivity contribution in [2.45, 2.75) is 44.1 Å². The summed E-state index contributed by atoms with van der Waals surface area (Å²) in [6.07, 6.45) is -2.54. The Labute approximate surface area is 183 Å². The van der Waals surface area contributed by atoms with E-state index < -0.39 is 28.3 Å². The molecule has 32 heavy (non-hydrogen) atoms. The van der Waals surface area contributed by atoms with E-state index >= 15 is 0 Å². The number of aliphatic hydroxyl groups excluding tert-OH is 1. The monoisotopic (exact) mass is 468 g/mol. The summed E-state index contributed by atoms with van der Waals surface area (Å²) in [5.41, 5.74) is 0.106. The van der Waals surface area contributed by atoms with E-state index in [0.29, 0.717) is 13.1 Å². The molecule has 0 amide bonds. The number of aromatic nitrogens is 3. The quantitative estimate of drug-likeness (QED) is 0.630. The van der Waals surface area contributed by atoms with Crippen molar-refractivity contribution in [3.05, 3.63) is 47.4 Å². The molecule has 2 aromatic heterocycles. The molecule has 3 heterocycles. The summed E-state index contributed by atoms with van der Waals surface area (Å²) in [7, 11) is -3.38. The molecule has 1 aliphatic rings. The molecule has 0 saturated heterocycles. The highest BCUT2D eigenvalue weighted by Gasteiger charge is 2.38. The van der Waals surface area contributed by atoms with E-state index in [-0.39, 0.29) is 28.4 Å². The molecule has 172 valence electrons. The topological polar surface area (TPSA) is 88.3 Å². The lowest BCUT2D eigenvalue weighted by atomic mass is 9.97. The molecule has 1 N–H and O–H groups in total. The van der Waals surface area contributed by atoms with Gasteiger partial charge in [-0.15, -0.1) is 0 Å². The zero-order chi connectivity index (χ0) is 23.4. The van der Waals surface area contributed by atoms with Gasteiger partial charge in [0, 0.05) is 47.7 Å². The standard InChI is InChI=1S/C21H23F3N4O3S/c1-12(2)18-17-8-13-4-5-15(32(3,30)31)9-16(13)27(17)6-7-28(18)20-25-10-14(11-29)19(26-20)21(22,23)24/h4-5,8-10,12,18,29H,6-7,11H2,1-3H3/t18-/m0/s1. The molecule has 0 saturated carbocycles. The number of rotatable bonds is 4. The lowest BCUT2D eigenvalue weighted by Crippen LogP contribution is -2.41. The molecular weight excluding hydrogens is 445 g/mol. The van der Waals surface area contributed by atoms with Gasteiger partial charge < -0.3 is 14.6 Å². The van der Waals surface area contributed by atoms with Gasteiger partial charge in [-0.05, 0) is 24.1 Å². The predicted molar refractivity (Wildman–Crippen MR) is 113 cm³/mol. The Kier molecular flexibility index (Phi) is 5.44. The number of anilines is 1. The predicted octanol–water partition coefficient (Wildman–Crippen LogP) is 3.56. The maximum atomic E-state index is 13.5. The van der Waals surface area contributed by atoms with Crippen LogP contribution in [-0.2, 0) is 29.2 Å². The van der Waals surface area contributed by atoms with Crippen molar-refractivity contribution in [2.24, 2.45) is 5.92 Å². The average molecular weight is 469 g/mol. The lowest BCUT2D eigenvalue weighted by Gasteiger charge is -2.39. The average Bonchev–Trinajstić information content (AvgIpc) is 3.08. The number of alkyl halides is 3. The van der Waals surface area contributed by atoms with Crippen molar-refractivity contribution in [2.75, 3.05) is 17.7 Å². The Balaban J connectivity index is 1.84. The number of fused-ring (bicyclic) bond motifs is 3. The minimum absolute atomic E-state index is 0.00296. The summed E-state index contributed by atoms with van der Waals surface area (Å²) in [5.74, 6) is -0.0512. The molecule has 3 aromatic rings. The first-order valence-corrected chi connectivity index (χ1v) is 11.9. The minimum atomic E-state index is -4.71. The summed E-state index contributed by atoms with van der Waals surface area (Å²) < 4.78 is 66.4.